The molecule has 0 unspecified atom stereocenters. The molecule has 1 fully saturated rings. The van der Waals surface area contributed by atoms with E-state index in [1.807, 2.05) is 18.1 Å². The predicted octanol–water partition coefficient (Wildman–Crippen LogP) is 2.69. The Kier molecular flexibility index (Phi) is 4.80. The Morgan fingerprint density at radius 2 is 2.37 bits per heavy atom. The summed E-state index contributed by atoms with van der Waals surface area (Å²) >= 11 is 1.74. The van der Waals surface area contributed by atoms with Gasteiger partial charge in [-0.25, -0.2) is 9.78 Å². The zero-order valence-corrected chi connectivity index (χ0v) is 12.8. The van der Waals surface area contributed by atoms with E-state index in [-0.39, 0.29) is 6.03 Å². The van der Waals surface area contributed by atoms with Gasteiger partial charge < -0.3 is 10.2 Å². The molecule has 0 aliphatic heterocycles. The molecule has 0 spiro atoms. The first kappa shape index (κ1) is 14.3. The summed E-state index contributed by atoms with van der Waals surface area (Å²) in [4.78, 5) is 19.5. The number of rotatable bonds is 6. The number of urea groups is 1. The third-order valence-corrected chi connectivity index (χ3v) is 5.00. The van der Waals surface area contributed by atoms with Crippen molar-refractivity contribution < 1.29 is 4.79 Å². The number of nitrogens with one attached hydrogen (secondary N) is 1. The Labute approximate surface area is 119 Å². The smallest absolute Gasteiger partial charge is 0.317 e. The van der Waals surface area contributed by atoms with Gasteiger partial charge in [-0.2, -0.15) is 0 Å². The van der Waals surface area contributed by atoms with Crippen LogP contribution in [0.15, 0.2) is 6.20 Å². The molecule has 1 aliphatic carbocycles. The molecule has 1 aromatic rings. The minimum absolute atomic E-state index is 0.0340. The Balaban J connectivity index is 1.70. The summed E-state index contributed by atoms with van der Waals surface area (Å²) in [6.07, 6.45) is 6.31. The van der Waals surface area contributed by atoms with Gasteiger partial charge in [0.15, 0.2) is 0 Å². The van der Waals surface area contributed by atoms with Gasteiger partial charge in [-0.1, -0.05) is 6.92 Å². The van der Waals surface area contributed by atoms with Gasteiger partial charge in [0.1, 0.15) is 0 Å². The van der Waals surface area contributed by atoms with E-state index in [1.54, 1.807) is 11.3 Å². The van der Waals surface area contributed by atoms with Crippen molar-refractivity contribution in [3.63, 3.8) is 0 Å². The fraction of sp³-hybridized carbons (Fsp3) is 0.714. The molecule has 1 aromatic heterocycles. The third kappa shape index (κ3) is 3.93. The van der Waals surface area contributed by atoms with Crippen LogP contribution in [0.4, 0.5) is 4.79 Å². The molecular formula is C14H23N3OS. The molecule has 2 amide bonds. The largest absolute Gasteiger partial charge is 0.338 e. The monoisotopic (exact) mass is 281 g/mol. The van der Waals surface area contributed by atoms with Gasteiger partial charge in [-0.15, -0.1) is 11.3 Å². The van der Waals surface area contributed by atoms with E-state index >= 15 is 0 Å². The van der Waals surface area contributed by atoms with Gasteiger partial charge in [0.05, 0.1) is 5.01 Å². The second kappa shape index (κ2) is 6.37. The van der Waals surface area contributed by atoms with Crippen molar-refractivity contribution in [2.75, 3.05) is 13.6 Å². The maximum Gasteiger partial charge on any atom is 0.317 e. The maximum atomic E-state index is 12.0. The van der Waals surface area contributed by atoms with Crippen LogP contribution in [0.3, 0.4) is 0 Å². The molecule has 0 bridgehead atoms. The van der Waals surface area contributed by atoms with Gasteiger partial charge >= 0.3 is 6.03 Å². The van der Waals surface area contributed by atoms with Crippen LogP contribution in [0, 0.1) is 5.92 Å². The van der Waals surface area contributed by atoms with Crippen LogP contribution < -0.4 is 5.32 Å². The van der Waals surface area contributed by atoms with E-state index < -0.39 is 0 Å². The highest BCUT2D eigenvalue weighted by Gasteiger charge is 2.32. The molecule has 1 saturated carbocycles. The van der Waals surface area contributed by atoms with Gasteiger partial charge in [0.25, 0.3) is 0 Å². The summed E-state index contributed by atoms with van der Waals surface area (Å²) in [5.74, 6) is 0.710. The van der Waals surface area contributed by atoms with Gasteiger partial charge in [-0.05, 0) is 32.1 Å². The zero-order valence-electron chi connectivity index (χ0n) is 12.0. The number of carbonyl (C=O) groups excluding carboxylic acids is 1. The first-order chi connectivity index (χ1) is 9.11. The van der Waals surface area contributed by atoms with Crippen molar-refractivity contribution >= 4 is 17.4 Å². The first-order valence-electron chi connectivity index (χ1n) is 7.06. The number of carbonyl (C=O) groups is 1. The standard InChI is InChI=1S/C14H23N3OS/c1-4-12-9-16-13(19-12)7-8-15-14(18)17(3)10(2)11-5-6-11/h9-11H,4-8H2,1-3H3,(H,15,18)/t10-/m1/s1. The van der Waals surface area contributed by atoms with Gasteiger partial charge in [0.2, 0.25) is 0 Å². The second-order valence-electron chi connectivity index (χ2n) is 5.24. The summed E-state index contributed by atoms with van der Waals surface area (Å²) in [6.45, 7) is 4.93. The predicted molar refractivity (Wildman–Crippen MR) is 78.5 cm³/mol. The summed E-state index contributed by atoms with van der Waals surface area (Å²) in [5.41, 5.74) is 0. The van der Waals surface area contributed by atoms with Crippen molar-refractivity contribution in [3.05, 3.63) is 16.1 Å². The Morgan fingerprint density at radius 3 is 2.95 bits per heavy atom. The van der Waals surface area contributed by atoms with Gasteiger partial charge in [-0.3, -0.25) is 0 Å². The van der Waals surface area contributed by atoms with Crippen molar-refractivity contribution in [1.82, 2.24) is 15.2 Å². The van der Waals surface area contributed by atoms with E-state index in [0.29, 0.717) is 18.5 Å². The van der Waals surface area contributed by atoms with E-state index in [2.05, 4.69) is 24.1 Å². The number of hydrogen-bond donors (Lipinski definition) is 1. The second-order valence-corrected chi connectivity index (χ2v) is 6.44. The molecule has 0 aromatic carbocycles. The minimum atomic E-state index is 0.0340. The molecule has 4 nitrogen and oxygen atoms in total. The summed E-state index contributed by atoms with van der Waals surface area (Å²) in [5, 5.41) is 4.08. The lowest BCUT2D eigenvalue weighted by molar-refractivity contribution is 0.188. The zero-order chi connectivity index (χ0) is 13.8. The molecule has 2 rings (SSSR count). The Morgan fingerprint density at radius 1 is 1.63 bits per heavy atom. The average Bonchev–Trinajstić information content (AvgIpc) is 3.17. The van der Waals surface area contributed by atoms with Crippen molar-refractivity contribution in [1.29, 1.82) is 0 Å². The van der Waals surface area contributed by atoms with Crippen LogP contribution in [-0.2, 0) is 12.8 Å². The molecule has 1 N–H and O–H groups in total. The number of amides is 2. The van der Waals surface area contributed by atoms with E-state index in [4.69, 9.17) is 0 Å². The van der Waals surface area contributed by atoms with Crippen molar-refractivity contribution in [3.8, 4) is 0 Å². The summed E-state index contributed by atoms with van der Waals surface area (Å²) in [6, 6.07) is 0.387. The number of aryl methyl sites for hydroxylation is 1. The number of aromatic nitrogens is 1. The number of nitrogens with zero attached hydrogens (tertiary/aromatic N) is 2. The highest BCUT2D eigenvalue weighted by molar-refractivity contribution is 7.11. The topological polar surface area (TPSA) is 45.2 Å². The summed E-state index contributed by atoms with van der Waals surface area (Å²) in [7, 11) is 1.89. The lowest BCUT2D eigenvalue weighted by Gasteiger charge is -2.25. The molecule has 5 heteroatoms. The van der Waals surface area contributed by atoms with E-state index in [9.17, 15) is 4.79 Å². The third-order valence-electron chi connectivity index (χ3n) is 3.80. The lowest BCUT2D eigenvalue weighted by atomic mass is 10.2. The number of thiazole rings is 1. The van der Waals surface area contributed by atoms with Crippen LogP contribution in [0.25, 0.3) is 0 Å². The fourth-order valence-corrected chi connectivity index (χ4v) is 2.97. The molecule has 1 heterocycles. The quantitative estimate of drug-likeness (QED) is 0.871. The van der Waals surface area contributed by atoms with Crippen LogP contribution in [0.1, 0.15) is 36.6 Å². The minimum Gasteiger partial charge on any atom is -0.338 e. The Hall–Kier alpha value is -1.10. The molecule has 19 heavy (non-hydrogen) atoms. The van der Waals surface area contributed by atoms with Crippen LogP contribution in [-0.4, -0.2) is 35.5 Å². The SMILES string of the molecule is CCc1cnc(CCNC(=O)N(C)[C@H](C)C2CC2)s1. The van der Waals surface area contributed by atoms with E-state index in [1.165, 1.54) is 17.7 Å². The molecule has 106 valence electrons. The van der Waals surface area contributed by atoms with E-state index in [0.717, 1.165) is 17.8 Å². The van der Waals surface area contributed by atoms with Crippen molar-refractivity contribution in [2.24, 2.45) is 5.92 Å². The molecule has 0 radical (unpaired) electrons. The average molecular weight is 281 g/mol. The lowest BCUT2D eigenvalue weighted by Crippen LogP contribution is -2.43. The van der Waals surface area contributed by atoms with Gasteiger partial charge in [0, 0.05) is 37.1 Å². The molecular weight excluding hydrogens is 258 g/mol. The fourth-order valence-electron chi connectivity index (χ4n) is 2.11. The molecule has 1 atom stereocenters. The summed E-state index contributed by atoms with van der Waals surface area (Å²) < 4.78 is 0. The maximum absolute atomic E-state index is 12.0. The van der Waals surface area contributed by atoms with Crippen LogP contribution >= 0.6 is 11.3 Å². The van der Waals surface area contributed by atoms with Crippen molar-refractivity contribution in [2.45, 2.75) is 45.6 Å². The molecule has 1 aliphatic rings. The normalized spacial score (nSPS) is 16.2. The van der Waals surface area contributed by atoms with Crippen LogP contribution in [0.2, 0.25) is 0 Å². The first-order valence-corrected chi connectivity index (χ1v) is 7.87. The highest BCUT2D eigenvalue weighted by atomic mass is 32.1. The number of hydrogen-bond acceptors (Lipinski definition) is 3. The molecule has 0 saturated heterocycles. The van der Waals surface area contributed by atoms with Crippen LogP contribution in [0.5, 0.6) is 0 Å². The highest BCUT2D eigenvalue weighted by Crippen LogP contribution is 2.34. The Bertz CT molecular complexity index is 428.